The van der Waals surface area contributed by atoms with E-state index < -0.39 is 17.7 Å². The molecule has 0 unspecified atom stereocenters. The Morgan fingerprint density at radius 2 is 1.71 bits per heavy atom. The zero-order valence-electron chi connectivity index (χ0n) is 20.1. The van der Waals surface area contributed by atoms with E-state index in [0.29, 0.717) is 17.5 Å². The van der Waals surface area contributed by atoms with Crippen molar-refractivity contribution in [2.45, 2.75) is 39.2 Å². The van der Waals surface area contributed by atoms with Gasteiger partial charge in [-0.15, -0.1) is 0 Å². The summed E-state index contributed by atoms with van der Waals surface area (Å²) in [7, 11) is 1.40. The predicted octanol–water partition coefficient (Wildman–Crippen LogP) is 3.95. The first-order valence-corrected chi connectivity index (χ1v) is 11.6. The van der Waals surface area contributed by atoms with Crippen LogP contribution in [0.1, 0.15) is 43.5 Å². The number of rotatable bonds is 9. The lowest BCUT2D eigenvalue weighted by molar-refractivity contribution is -0.125. The zero-order valence-corrected chi connectivity index (χ0v) is 20.1. The van der Waals surface area contributed by atoms with Gasteiger partial charge in [-0.1, -0.05) is 26.7 Å². The summed E-state index contributed by atoms with van der Waals surface area (Å²) in [6, 6.07) is 9.78. The number of benzene rings is 2. The number of anilines is 1. The fourth-order valence-corrected chi connectivity index (χ4v) is 4.04. The molecule has 188 valence electrons. The number of nitrogens with one attached hydrogen (secondary N) is 2. The number of amides is 2. The summed E-state index contributed by atoms with van der Waals surface area (Å²) in [5, 5.41) is 5.55. The lowest BCUT2D eigenvalue weighted by Crippen LogP contribution is -2.45. The van der Waals surface area contributed by atoms with Gasteiger partial charge in [0.15, 0.2) is 24.7 Å². The van der Waals surface area contributed by atoms with Gasteiger partial charge in [-0.05, 0) is 60.7 Å². The highest BCUT2D eigenvalue weighted by Crippen LogP contribution is 2.30. The zero-order chi connectivity index (χ0) is 25.4. The molecule has 0 saturated heterocycles. The summed E-state index contributed by atoms with van der Waals surface area (Å²) in [5.41, 5.74) is 0.610. The lowest BCUT2D eigenvalue weighted by Gasteiger charge is -2.34. The van der Waals surface area contributed by atoms with E-state index >= 15 is 0 Å². The molecule has 1 aliphatic carbocycles. The molecule has 35 heavy (non-hydrogen) atoms. The van der Waals surface area contributed by atoms with Crippen molar-refractivity contribution < 1.29 is 33.0 Å². The molecule has 3 atom stereocenters. The van der Waals surface area contributed by atoms with Crippen molar-refractivity contribution in [3.8, 4) is 11.5 Å². The Balaban J connectivity index is 1.50. The van der Waals surface area contributed by atoms with Crippen LogP contribution < -0.4 is 20.1 Å². The van der Waals surface area contributed by atoms with Gasteiger partial charge < -0.3 is 24.8 Å². The van der Waals surface area contributed by atoms with Crippen LogP contribution in [0.25, 0.3) is 0 Å². The number of carbonyl (C=O) groups excluding carboxylic acids is 3. The van der Waals surface area contributed by atoms with E-state index in [1.807, 2.05) is 0 Å². The van der Waals surface area contributed by atoms with Crippen molar-refractivity contribution >= 4 is 23.5 Å². The summed E-state index contributed by atoms with van der Waals surface area (Å²) in [6.45, 7) is 3.61. The molecule has 0 spiro atoms. The van der Waals surface area contributed by atoms with Gasteiger partial charge in [0.25, 0.3) is 11.8 Å². The van der Waals surface area contributed by atoms with E-state index in [1.54, 1.807) is 0 Å². The number of halogens is 1. The standard InChI is InChI=1S/C26H31FN2O6/c1-16-5-4-6-21(17(16)2)29-25(31)15-35-26(32)18-7-12-22(23(13-18)33-3)34-14-24(30)28-20-10-8-19(27)9-11-20/h7-13,16-17,21H,4-6,14-15H2,1-3H3,(H,28,30)(H,29,31)/t16-,17-,21-/m0/s1. The topological polar surface area (TPSA) is 103 Å². The van der Waals surface area contributed by atoms with Gasteiger partial charge in [-0.3, -0.25) is 9.59 Å². The Bertz CT molecular complexity index is 1040. The van der Waals surface area contributed by atoms with Crippen LogP contribution in [-0.4, -0.2) is 44.1 Å². The summed E-state index contributed by atoms with van der Waals surface area (Å²) >= 11 is 0. The van der Waals surface area contributed by atoms with Gasteiger partial charge in [0.05, 0.1) is 12.7 Å². The van der Waals surface area contributed by atoms with Gasteiger partial charge in [-0.2, -0.15) is 0 Å². The fraction of sp³-hybridized carbons (Fsp3) is 0.423. The second kappa shape index (κ2) is 12.2. The maximum atomic E-state index is 13.0. The van der Waals surface area contributed by atoms with Crippen LogP contribution in [0, 0.1) is 17.7 Å². The van der Waals surface area contributed by atoms with Crippen molar-refractivity contribution in [3.63, 3.8) is 0 Å². The quantitative estimate of drug-likeness (QED) is 0.521. The first kappa shape index (κ1) is 26.0. The fourth-order valence-electron chi connectivity index (χ4n) is 4.04. The van der Waals surface area contributed by atoms with Crippen LogP contribution in [0.2, 0.25) is 0 Å². The largest absolute Gasteiger partial charge is 0.493 e. The molecule has 0 aromatic heterocycles. The summed E-state index contributed by atoms with van der Waals surface area (Å²) in [4.78, 5) is 36.8. The molecular weight excluding hydrogens is 455 g/mol. The minimum Gasteiger partial charge on any atom is -0.493 e. The molecule has 1 fully saturated rings. The number of carbonyl (C=O) groups is 3. The van der Waals surface area contributed by atoms with Gasteiger partial charge in [0, 0.05) is 11.7 Å². The highest BCUT2D eigenvalue weighted by atomic mass is 19.1. The molecule has 1 saturated carbocycles. The lowest BCUT2D eigenvalue weighted by atomic mass is 9.78. The third-order valence-electron chi connectivity index (χ3n) is 6.27. The number of methoxy groups -OCH3 is 1. The highest BCUT2D eigenvalue weighted by molar-refractivity contribution is 5.93. The Labute approximate surface area is 204 Å². The number of esters is 1. The first-order valence-electron chi connectivity index (χ1n) is 11.6. The minimum absolute atomic E-state index is 0.0849. The third kappa shape index (κ3) is 7.43. The molecule has 2 aromatic rings. The average molecular weight is 487 g/mol. The maximum absolute atomic E-state index is 13.0. The monoisotopic (exact) mass is 486 g/mol. The Morgan fingerprint density at radius 1 is 0.971 bits per heavy atom. The smallest absolute Gasteiger partial charge is 0.338 e. The summed E-state index contributed by atoms with van der Waals surface area (Å²) in [6.07, 6.45) is 3.15. The molecule has 0 radical (unpaired) electrons. The Kier molecular flexibility index (Phi) is 9.05. The van der Waals surface area contributed by atoms with Crippen LogP contribution in [0.4, 0.5) is 10.1 Å². The molecule has 2 amide bonds. The molecule has 8 nitrogen and oxygen atoms in total. The number of ether oxygens (including phenoxy) is 3. The SMILES string of the molecule is COc1cc(C(=O)OCC(=O)N[C@H]2CCC[C@H](C)[C@@H]2C)ccc1OCC(=O)Nc1ccc(F)cc1. The minimum atomic E-state index is -0.677. The Hall–Kier alpha value is -3.62. The molecule has 2 aromatic carbocycles. The summed E-state index contributed by atoms with van der Waals surface area (Å²) < 4.78 is 28.9. The molecule has 0 bridgehead atoms. The van der Waals surface area contributed by atoms with Gasteiger partial charge in [0.1, 0.15) is 5.82 Å². The average Bonchev–Trinajstić information content (AvgIpc) is 2.85. The molecular formula is C26H31FN2O6. The van der Waals surface area contributed by atoms with Crippen LogP contribution in [-0.2, 0) is 14.3 Å². The van der Waals surface area contributed by atoms with Crippen molar-refractivity contribution in [1.29, 1.82) is 0 Å². The van der Waals surface area contributed by atoms with Gasteiger partial charge in [-0.25, -0.2) is 9.18 Å². The predicted molar refractivity (Wildman–Crippen MR) is 128 cm³/mol. The van der Waals surface area contributed by atoms with E-state index in [4.69, 9.17) is 14.2 Å². The van der Waals surface area contributed by atoms with Crippen LogP contribution in [0.5, 0.6) is 11.5 Å². The highest BCUT2D eigenvalue weighted by Gasteiger charge is 2.28. The van der Waals surface area contributed by atoms with Crippen molar-refractivity contribution in [2.75, 3.05) is 25.6 Å². The van der Waals surface area contributed by atoms with E-state index in [9.17, 15) is 18.8 Å². The first-order chi connectivity index (χ1) is 16.8. The molecule has 0 heterocycles. The maximum Gasteiger partial charge on any atom is 0.338 e. The third-order valence-corrected chi connectivity index (χ3v) is 6.27. The van der Waals surface area contributed by atoms with Gasteiger partial charge in [0.2, 0.25) is 0 Å². The van der Waals surface area contributed by atoms with E-state index in [0.717, 1.165) is 19.3 Å². The van der Waals surface area contributed by atoms with E-state index in [-0.39, 0.29) is 42.2 Å². The van der Waals surface area contributed by atoms with Crippen LogP contribution in [0.3, 0.4) is 0 Å². The van der Waals surface area contributed by atoms with E-state index in [1.165, 1.54) is 49.6 Å². The molecule has 9 heteroatoms. The second-order valence-corrected chi connectivity index (χ2v) is 8.73. The molecule has 3 rings (SSSR count). The van der Waals surface area contributed by atoms with Crippen LogP contribution in [0.15, 0.2) is 42.5 Å². The van der Waals surface area contributed by atoms with Crippen LogP contribution >= 0.6 is 0 Å². The normalized spacial score (nSPS) is 19.4. The number of hydrogen-bond acceptors (Lipinski definition) is 6. The van der Waals surface area contributed by atoms with Gasteiger partial charge >= 0.3 is 5.97 Å². The van der Waals surface area contributed by atoms with Crippen molar-refractivity contribution in [1.82, 2.24) is 5.32 Å². The summed E-state index contributed by atoms with van der Waals surface area (Å²) in [5.74, 6) is -0.476. The van der Waals surface area contributed by atoms with Crippen molar-refractivity contribution in [2.24, 2.45) is 11.8 Å². The number of hydrogen-bond donors (Lipinski definition) is 2. The Morgan fingerprint density at radius 3 is 2.43 bits per heavy atom. The van der Waals surface area contributed by atoms with E-state index in [2.05, 4.69) is 24.5 Å². The second-order valence-electron chi connectivity index (χ2n) is 8.73. The van der Waals surface area contributed by atoms with Crippen molar-refractivity contribution in [3.05, 3.63) is 53.8 Å². The molecule has 1 aliphatic rings. The molecule has 2 N–H and O–H groups in total. The molecule has 0 aliphatic heterocycles.